The molecule has 63 heavy (non-hydrogen) atoms. The van der Waals surface area contributed by atoms with Crippen LogP contribution in [0.4, 0.5) is 16.2 Å². The molecule has 344 valence electrons. The quantitative estimate of drug-likeness (QED) is 0.169. The van der Waals surface area contributed by atoms with Gasteiger partial charge in [0, 0.05) is 76.6 Å². The number of carbonyl (C=O) groups is 5. The van der Waals surface area contributed by atoms with Gasteiger partial charge in [-0.05, 0) is 118 Å². The van der Waals surface area contributed by atoms with Crippen LogP contribution in [-0.4, -0.2) is 85.7 Å². The summed E-state index contributed by atoms with van der Waals surface area (Å²) in [5.74, 6) is 0.675. The number of nitrogens with two attached hydrogens (primary N) is 1. The Morgan fingerprint density at radius 2 is 1.13 bits per heavy atom. The highest BCUT2D eigenvalue weighted by Crippen LogP contribution is 2.32. The van der Waals surface area contributed by atoms with Gasteiger partial charge in [-0.1, -0.05) is 76.2 Å². The molecule has 0 spiro atoms. The number of fused-ring (bicyclic) bond motifs is 2. The highest BCUT2D eigenvalue weighted by molar-refractivity contribution is 6.03. The summed E-state index contributed by atoms with van der Waals surface area (Å²) in [7, 11) is 0. The smallest absolute Gasteiger partial charge is 0.408 e. The number of ketones is 2. The highest BCUT2D eigenvalue weighted by Gasteiger charge is 2.43. The van der Waals surface area contributed by atoms with E-state index in [1.54, 1.807) is 37.8 Å². The van der Waals surface area contributed by atoms with Crippen molar-refractivity contribution >= 4 is 40.8 Å². The number of hydrogen-bond donors (Lipinski definition) is 2. The van der Waals surface area contributed by atoms with Crippen molar-refractivity contribution in [1.29, 1.82) is 0 Å². The first-order valence-electron chi connectivity index (χ1n) is 23.1. The summed E-state index contributed by atoms with van der Waals surface area (Å²) in [5.41, 5.74) is 8.26. The first kappa shape index (κ1) is 49.4. The van der Waals surface area contributed by atoms with E-state index >= 15 is 0 Å². The maximum Gasteiger partial charge on any atom is 0.408 e. The summed E-state index contributed by atoms with van der Waals surface area (Å²) >= 11 is 0. The van der Waals surface area contributed by atoms with Crippen LogP contribution in [0.2, 0.25) is 0 Å². The van der Waals surface area contributed by atoms with E-state index in [9.17, 15) is 24.0 Å². The molecule has 2 fully saturated rings. The van der Waals surface area contributed by atoms with Crippen LogP contribution in [0.1, 0.15) is 111 Å². The number of Topliss-reactive ketones (excluding diaryl/α,β-unsaturated/α-hetero) is 2. The SMILES string of the molecule is CC(C)C[C@@H](/C=C/C(=O)N1CCc2ccccc21)CC(=O)C1(N)CCOCC1.CC(C)C[C@@H](/C=C/C(=O)N1CCc2ccccc21)CC(=O)C1(NC(=O)OC(C)(C)C)CCOCC1. The molecule has 4 aliphatic heterocycles. The number of anilines is 2. The van der Waals surface area contributed by atoms with Crippen molar-refractivity contribution in [3.63, 3.8) is 0 Å². The van der Waals surface area contributed by atoms with E-state index in [1.807, 2.05) is 53.5 Å². The molecule has 2 atom stereocenters. The zero-order chi connectivity index (χ0) is 45.8. The molecule has 0 bridgehead atoms. The number of hydrogen-bond acceptors (Lipinski definition) is 9. The first-order valence-corrected chi connectivity index (χ1v) is 23.1. The second-order valence-electron chi connectivity index (χ2n) is 19.6. The molecule has 2 aromatic carbocycles. The molecule has 4 aliphatic rings. The predicted octanol–water partition coefficient (Wildman–Crippen LogP) is 8.09. The van der Waals surface area contributed by atoms with Gasteiger partial charge in [0.15, 0.2) is 11.6 Å². The highest BCUT2D eigenvalue weighted by atomic mass is 16.6. The second kappa shape index (κ2) is 22.3. The number of nitrogens with zero attached hydrogens (tertiary/aromatic N) is 2. The maximum absolute atomic E-state index is 13.6. The molecule has 3 amide bonds. The number of amides is 3. The fourth-order valence-electron chi connectivity index (χ4n) is 9.00. The fraction of sp³-hybridized carbons (Fsp3) is 0.588. The lowest BCUT2D eigenvalue weighted by Gasteiger charge is -2.37. The lowest BCUT2D eigenvalue weighted by Crippen LogP contribution is -2.58. The van der Waals surface area contributed by atoms with Crippen LogP contribution >= 0.6 is 0 Å². The van der Waals surface area contributed by atoms with Crippen LogP contribution in [0, 0.1) is 23.7 Å². The molecule has 0 unspecified atom stereocenters. The average Bonchev–Trinajstić information content (AvgIpc) is 3.87. The Bertz CT molecular complexity index is 1950. The molecule has 4 heterocycles. The molecule has 3 N–H and O–H groups in total. The van der Waals surface area contributed by atoms with Crippen LogP contribution in [0.15, 0.2) is 72.8 Å². The number of carbonyl (C=O) groups excluding carboxylic acids is 5. The van der Waals surface area contributed by atoms with E-state index in [0.29, 0.717) is 83.5 Å². The summed E-state index contributed by atoms with van der Waals surface area (Å²) in [6, 6.07) is 16.0. The lowest BCUT2D eigenvalue weighted by atomic mass is 9.80. The van der Waals surface area contributed by atoms with Gasteiger partial charge < -0.3 is 35.1 Å². The minimum Gasteiger partial charge on any atom is -0.444 e. The number of ether oxygens (including phenoxy) is 3. The molecule has 12 heteroatoms. The summed E-state index contributed by atoms with van der Waals surface area (Å²) in [5, 5.41) is 2.88. The standard InChI is InChI=1S/C28H40N2O5.C23H32N2O3/c1-20(2)18-21(10-11-25(32)30-15-12-22-8-6-7-9-23(22)30)19-24(31)28(13-16-34-17-14-28)29-26(33)35-27(3,4)5;1-17(2)15-18(16-21(26)23(24)10-13-28-14-11-23)7-8-22(27)25-12-9-19-5-3-4-6-20(19)25/h6-11,20-21H,12-19H2,1-5H3,(H,29,33);3-8,17-18H,9-16,24H2,1-2H3/b11-10+;8-7+/t21-;18-/m11/s1. The monoisotopic (exact) mass is 869 g/mol. The van der Waals surface area contributed by atoms with E-state index in [1.165, 1.54) is 11.1 Å². The third kappa shape index (κ3) is 14.2. The van der Waals surface area contributed by atoms with Crippen molar-refractivity contribution in [3.05, 3.63) is 84.0 Å². The summed E-state index contributed by atoms with van der Waals surface area (Å²) in [4.78, 5) is 68.4. The topological polar surface area (TPSA) is 158 Å². The Hall–Kier alpha value is -4.65. The molecule has 0 saturated carbocycles. The molecular weight excluding hydrogens is 797 g/mol. The Kier molecular flexibility index (Phi) is 17.5. The van der Waals surface area contributed by atoms with Crippen molar-refractivity contribution in [2.75, 3.05) is 49.3 Å². The maximum atomic E-state index is 13.6. The summed E-state index contributed by atoms with van der Waals surface area (Å²) < 4.78 is 16.3. The van der Waals surface area contributed by atoms with Gasteiger partial charge in [0.25, 0.3) is 11.8 Å². The zero-order valence-electron chi connectivity index (χ0n) is 38.8. The van der Waals surface area contributed by atoms with E-state index in [4.69, 9.17) is 19.9 Å². The van der Waals surface area contributed by atoms with Gasteiger partial charge in [0.2, 0.25) is 0 Å². The summed E-state index contributed by atoms with van der Waals surface area (Å²) in [6.45, 7) is 17.1. The fourth-order valence-corrected chi connectivity index (χ4v) is 9.00. The van der Waals surface area contributed by atoms with Crippen LogP contribution in [0.5, 0.6) is 0 Å². The van der Waals surface area contributed by atoms with Gasteiger partial charge in [0.05, 0.1) is 5.54 Å². The third-order valence-electron chi connectivity index (χ3n) is 12.3. The first-order chi connectivity index (χ1) is 29.9. The van der Waals surface area contributed by atoms with Crippen molar-refractivity contribution in [2.45, 2.75) is 129 Å². The molecule has 0 aromatic heterocycles. The van der Waals surface area contributed by atoms with Gasteiger partial charge in [-0.2, -0.15) is 0 Å². The Labute approximate surface area is 375 Å². The van der Waals surface area contributed by atoms with Gasteiger partial charge in [-0.3, -0.25) is 19.2 Å². The van der Waals surface area contributed by atoms with Gasteiger partial charge in [-0.15, -0.1) is 0 Å². The van der Waals surface area contributed by atoms with Crippen molar-refractivity contribution in [2.24, 2.45) is 29.4 Å². The predicted molar refractivity (Wildman–Crippen MR) is 248 cm³/mol. The lowest BCUT2D eigenvalue weighted by molar-refractivity contribution is -0.130. The number of allylic oxidation sites excluding steroid dienone is 2. The number of alkyl carbamates (subject to hydrolysis) is 1. The molecule has 12 nitrogen and oxygen atoms in total. The minimum atomic E-state index is -1.01. The zero-order valence-corrected chi connectivity index (χ0v) is 38.8. The molecule has 6 rings (SSSR count). The van der Waals surface area contributed by atoms with E-state index in [-0.39, 0.29) is 41.6 Å². The normalized spacial score (nSPS) is 19.0. The van der Waals surface area contributed by atoms with Crippen LogP contribution < -0.4 is 20.9 Å². The van der Waals surface area contributed by atoms with Gasteiger partial charge >= 0.3 is 6.09 Å². The number of para-hydroxylation sites is 2. The number of rotatable bonds is 15. The Morgan fingerprint density at radius 1 is 0.698 bits per heavy atom. The average molecular weight is 869 g/mol. The van der Waals surface area contributed by atoms with Crippen molar-refractivity contribution in [1.82, 2.24) is 5.32 Å². The molecule has 0 radical (unpaired) electrons. The molecule has 2 aromatic rings. The van der Waals surface area contributed by atoms with Crippen molar-refractivity contribution in [3.8, 4) is 0 Å². The van der Waals surface area contributed by atoms with Crippen LogP contribution in [-0.2, 0) is 46.2 Å². The molecule has 0 aliphatic carbocycles. The minimum absolute atomic E-state index is 0.0142. The van der Waals surface area contributed by atoms with Gasteiger partial charge in [0.1, 0.15) is 11.1 Å². The number of nitrogens with one attached hydrogen (secondary N) is 1. The molecule has 2 saturated heterocycles. The van der Waals surface area contributed by atoms with E-state index in [0.717, 1.165) is 37.1 Å². The summed E-state index contributed by atoms with van der Waals surface area (Å²) in [6.07, 6.45) is 12.4. The van der Waals surface area contributed by atoms with E-state index in [2.05, 4.69) is 45.1 Å². The largest absolute Gasteiger partial charge is 0.444 e. The Morgan fingerprint density at radius 3 is 1.57 bits per heavy atom. The van der Waals surface area contributed by atoms with Crippen molar-refractivity contribution < 1.29 is 38.2 Å². The molecular formula is C51H72N4O8. The van der Waals surface area contributed by atoms with E-state index < -0.39 is 22.8 Å². The number of benzene rings is 2. The van der Waals surface area contributed by atoms with Crippen LogP contribution in [0.25, 0.3) is 0 Å². The second-order valence-corrected chi connectivity index (χ2v) is 19.6. The Balaban J connectivity index is 0.000000243. The van der Waals surface area contributed by atoms with Gasteiger partial charge in [-0.25, -0.2) is 4.79 Å². The third-order valence-corrected chi connectivity index (χ3v) is 12.3. The van der Waals surface area contributed by atoms with Crippen LogP contribution in [0.3, 0.4) is 0 Å².